The van der Waals surface area contributed by atoms with Crippen molar-refractivity contribution in [2.24, 2.45) is 0 Å². The smallest absolute Gasteiger partial charge is 0.325 e. The normalized spacial score (nSPS) is 19.4. The van der Waals surface area contributed by atoms with Gasteiger partial charge >= 0.3 is 6.03 Å². The van der Waals surface area contributed by atoms with Gasteiger partial charge in [-0.25, -0.2) is 4.79 Å². The number of urea groups is 1. The second-order valence-corrected chi connectivity index (χ2v) is 7.18. The Morgan fingerprint density at radius 3 is 2.54 bits per heavy atom. The Morgan fingerprint density at radius 1 is 1.19 bits per heavy atom. The van der Waals surface area contributed by atoms with Gasteiger partial charge in [-0.15, -0.1) is 0 Å². The summed E-state index contributed by atoms with van der Waals surface area (Å²) >= 11 is 3.40. The van der Waals surface area contributed by atoms with Gasteiger partial charge in [-0.2, -0.15) is 0 Å². The molecule has 0 spiro atoms. The van der Waals surface area contributed by atoms with Crippen LogP contribution in [0.1, 0.15) is 18.1 Å². The number of hydrogen-bond donors (Lipinski definition) is 2. The van der Waals surface area contributed by atoms with Crippen molar-refractivity contribution in [2.45, 2.75) is 19.4 Å². The van der Waals surface area contributed by atoms with Crippen molar-refractivity contribution in [3.63, 3.8) is 0 Å². The first kappa shape index (κ1) is 18.1. The van der Waals surface area contributed by atoms with Gasteiger partial charge in [-0.1, -0.05) is 46.3 Å². The van der Waals surface area contributed by atoms with Crippen molar-refractivity contribution in [1.29, 1.82) is 0 Å². The molecule has 1 heterocycles. The summed E-state index contributed by atoms with van der Waals surface area (Å²) in [7, 11) is 0. The zero-order valence-corrected chi connectivity index (χ0v) is 16.0. The number of carbonyl (C=O) groups is 3. The van der Waals surface area contributed by atoms with Gasteiger partial charge in [-0.05, 0) is 43.2 Å². The molecular formula is C19H18BrN3O3. The van der Waals surface area contributed by atoms with E-state index in [0.29, 0.717) is 11.3 Å². The molecule has 1 fully saturated rings. The number of nitrogens with one attached hydrogen (secondary N) is 2. The lowest BCUT2D eigenvalue weighted by atomic mass is 9.92. The van der Waals surface area contributed by atoms with E-state index in [1.807, 2.05) is 25.1 Å². The number of nitrogens with zero attached hydrogens (tertiary/aromatic N) is 1. The number of aryl methyl sites for hydroxylation is 1. The summed E-state index contributed by atoms with van der Waals surface area (Å²) in [6.45, 7) is 3.20. The Balaban J connectivity index is 1.73. The predicted octanol–water partition coefficient (Wildman–Crippen LogP) is 3.16. The third-order valence-electron chi connectivity index (χ3n) is 4.37. The van der Waals surface area contributed by atoms with Crippen LogP contribution in [0.25, 0.3) is 0 Å². The minimum Gasteiger partial charge on any atom is -0.325 e. The highest BCUT2D eigenvalue weighted by atomic mass is 79.9. The molecule has 0 aromatic heterocycles. The predicted molar refractivity (Wildman–Crippen MR) is 102 cm³/mol. The molecule has 0 unspecified atom stereocenters. The topological polar surface area (TPSA) is 78.5 Å². The second-order valence-electron chi connectivity index (χ2n) is 6.32. The van der Waals surface area contributed by atoms with E-state index in [1.54, 1.807) is 37.3 Å². The maximum Gasteiger partial charge on any atom is 0.325 e. The minimum atomic E-state index is -1.17. The molecule has 0 radical (unpaired) electrons. The van der Waals surface area contributed by atoms with Crippen LogP contribution >= 0.6 is 15.9 Å². The SMILES string of the molecule is Cc1cc(NC(=O)CN2C(=O)N[C@](C)(c3ccccc3)C2=O)ccc1Br. The van der Waals surface area contributed by atoms with Crippen molar-refractivity contribution in [3.05, 3.63) is 64.1 Å². The Bertz CT molecular complexity index is 885. The number of halogens is 1. The van der Waals surface area contributed by atoms with Gasteiger partial charge < -0.3 is 10.6 Å². The highest BCUT2D eigenvalue weighted by Crippen LogP contribution is 2.28. The monoisotopic (exact) mass is 415 g/mol. The Labute approximate surface area is 159 Å². The molecule has 0 saturated carbocycles. The van der Waals surface area contributed by atoms with E-state index in [4.69, 9.17) is 0 Å². The van der Waals surface area contributed by atoms with Gasteiger partial charge in [0.2, 0.25) is 5.91 Å². The highest BCUT2D eigenvalue weighted by Gasteiger charge is 2.49. The van der Waals surface area contributed by atoms with Crippen LogP contribution in [0.15, 0.2) is 53.0 Å². The molecule has 0 bridgehead atoms. The largest absolute Gasteiger partial charge is 0.325 e. The van der Waals surface area contributed by atoms with Crippen molar-refractivity contribution in [2.75, 3.05) is 11.9 Å². The molecule has 2 aromatic rings. The summed E-state index contributed by atoms with van der Waals surface area (Å²) in [5, 5.41) is 5.39. The fraction of sp³-hybridized carbons (Fsp3) is 0.211. The van der Waals surface area contributed by atoms with Gasteiger partial charge in [0.05, 0.1) is 0 Å². The molecular weight excluding hydrogens is 398 g/mol. The van der Waals surface area contributed by atoms with E-state index >= 15 is 0 Å². The average molecular weight is 416 g/mol. The van der Waals surface area contributed by atoms with Gasteiger partial charge in [0, 0.05) is 10.2 Å². The lowest BCUT2D eigenvalue weighted by Gasteiger charge is -2.22. The van der Waals surface area contributed by atoms with Gasteiger partial charge in [0.15, 0.2) is 0 Å². The number of imide groups is 1. The maximum atomic E-state index is 12.8. The molecule has 1 atom stereocenters. The first-order chi connectivity index (χ1) is 12.3. The quantitative estimate of drug-likeness (QED) is 0.752. The molecule has 3 rings (SSSR count). The summed E-state index contributed by atoms with van der Waals surface area (Å²) in [6, 6.07) is 13.8. The lowest BCUT2D eigenvalue weighted by Crippen LogP contribution is -2.42. The summed E-state index contributed by atoms with van der Waals surface area (Å²) in [4.78, 5) is 38.3. The molecule has 2 N–H and O–H groups in total. The van der Waals surface area contributed by atoms with E-state index in [-0.39, 0.29) is 6.54 Å². The van der Waals surface area contributed by atoms with Crippen LogP contribution in [0.4, 0.5) is 10.5 Å². The molecule has 1 saturated heterocycles. The van der Waals surface area contributed by atoms with Gasteiger partial charge in [0.25, 0.3) is 5.91 Å². The molecule has 1 aliphatic heterocycles. The average Bonchev–Trinajstić information content (AvgIpc) is 2.83. The van der Waals surface area contributed by atoms with Gasteiger partial charge in [0.1, 0.15) is 12.1 Å². The second kappa shape index (κ2) is 6.92. The molecule has 0 aliphatic carbocycles. The van der Waals surface area contributed by atoms with Crippen LogP contribution in [0, 0.1) is 6.92 Å². The van der Waals surface area contributed by atoms with Crippen molar-refractivity contribution in [1.82, 2.24) is 10.2 Å². The van der Waals surface area contributed by atoms with E-state index in [9.17, 15) is 14.4 Å². The van der Waals surface area contributed by atoms with Crippen LogP contribution < -0.4 is 10.6 Å². The standard InChI is InChI=1S/C19H18BrN3O3/c1-12-10-14(8-9-15(12)20)21-16(24)11-23-17(25)19(2,22-18(23)26)13-6-4-3-5-7-13/h3-10H,11H2,1-2H3,(H,21,24)(H,22,26)/t19-/m1/s1. The molecule has 134 valence electrons. The molecule has 1 aliphatic rings. The van der Waals surface area contributed by atoms with E-state index < -0.39 is 23.4 Å². The van der Waals surface area contributed by atoms with Crippen LogP contribution in [0.5, 0.6) is 0 Å². The van der Waals surface area contributed by atoms with Crippen LogP contribution in [0.2, 0.25) is 0 Å². The highest BCUT2D eigenvalue weighted by molar-refractivity contribution is 9.10. The van der Waals surface area contributed by atoms with Crippen molar-refractivity contribution < 1.29 is 14.4 Å². The number of amides is 4. The molecule has 4 amide bonds. The zero-order valence-electron chi connectivity index (χ0n) is 14.4. The molecule has 26 heavy (non-hydrogen) atoms. The molecule has 6 nitrogen and oxygen atoms in total. The summed E-state index contributed by atoms with van der Waals surface area (Å²) in [5.74, 6) is -0.886. The Hall–Kier alpha value is -2.67. The fourth-order valence-corrected chi connectivity index (χ4v) is 3.12. The summed E-state index contributed by atoms with van der Waals surface area (Å²) in [6.07, 6.45) is 0. The summed E-state index contributed by atoms with van der Waals surface area (Å²) < 4.78 is 0.934. The number of hydrogen-bond acceptors (Lipinski definition) is 3. The van der Waals surface area contributed by atoms with E-state index in [1.165, 1.54) is 0 Å². The fourth-order valence-electron chi connectivity index (χ4n) is 2.87. The van der Waals surface area contributed by atoms with Crippen LogP contribution in [-0.4, -0.2) is 29.3 Å². The van der Waals surface area contributed by atoms with Crippen molar-refractivity contribution >= 4 is 39.5 Å². The van der Waals surface area contributed by atoms with E-state index in [2.05, 4.69) is 26.6 Å². The summed E-state index contributed by atoms with van der Waals surface area (Å²) in [5.41, 5.74) is 1.07. The first-order valence-electron chi connectivity index (χ1n) is 8.07. The van der Waals surface area contributed by atoms with Crippen molar-refractivity contribution in [3.8, 4) is 0 Å². The molecule has 7 heteroatoms. The number of rotatable bonds is 4. The number of carbonyl (C=O) groups excluding carboxylic acids is 3. The third kappa shape index (κ3) is 3.35. The van der Waals surface area contributed by atoms with Crippen LogP contribution in [0.3, 0.4) is 0 Å². The maximum absolute atomic E-state index is 12.8. The number of benzene rings is 2. The van der Waals surface area contributed by atoms with Crippen LogP contribution in [-0.2, 0) is 15.1 Å². The third-order valence-corrected chi connectivity index (χ3v) is 5.26. The minimum absolute atomic E-state index is 0.345. The number of anilines is 1. The first-order valence-corrected chi connectivity index (χ1v) is 8.86. The van der Waals surface area contributed by atoms with E-state index in [0.717, 1.165) is 14.9 Å². The Morgan fingerprint density at radius 2 is 1.88 bits per heavy atom. The lowest BCUT2D eigenvalue weighted by molar-refractivity contribution is -0.133. The Kier molecular flexibility index (Phi) is 4.82. The van der Waals surface area contributed by atoms with Gasteiger partial charge in [-0.3, -0.25) is 14.5 Å². The zero-order chi connectivity index (χ0) is 18.9. The molecule has 2 aromatic carbocycles.